The second-order valence-electron chi connectivity index (χ2n) is 5.72. The molecule has 4 aromatic rings. The maximum Gasteiger partial charge on any atom is 0.169 e. The highest BCUT2D eigenvalue weighted by molar-refractivity contribution is 5.60. The zero-order chi connectivity index (χ0) is 17.9. The molecule has 0 radical (unpaired) electrons. The lowest BCUT2D eigenvalue weighted by molar-refractivity contribution is 0.411. The highest BCUT2D eigenvalue weighted by Gasteiger charge is 2.06. The number of nitrogens with zero attached hydrogens (tertiary/aromatic N) is 2. The molecular formula is C21H15FN2O2. The van der Waals surface area contributed by atoms with Crippen molar-refractivity contribution in [3.63, 3.8) is 0 Å². The minimum Gasteiger partial charge on any atom is -0.504 e. The first kappa shape index (κ1) is 15.9. The maximum atomic E-state index is 13.0. The third-order valence-electron chi connectivity index (χ3n) is 3.92. The van der Waals surface area contributed by atoms with E-state index in [9.17, 15) is 9.50 Å². The molecule has 0 spiro atoms. The number of benzene rings is 3. The second-order valence-corrected chi connectivity index (χ2v) is 5.72. The van der Waals surface area contributed by atoms with Crippen LogP contribution in [0.3, 0.4) is 0 Å². The molecule has 0 atom stereocenters. The molecule has 0 saturated carbocycles. The van der Waals surface area contributed by atoms with Crippen molar-refractivity contribution in [1.29, 1.82) is 0 Å². The summed E-state index contributed by atoms with van der Waals surface area (Å²) < 4.78 is 20.4. The highest BCUT2D eigenvalue weighted by atomic mass is 19.1. The van der Waals surface area contributed by atoms with Crippen LogP contribution in [0.4, 0.5) is 4.39 Å². The Balaban J connectivity index is 1.54. The molecule has 3 aromatic carbocycles. The van der Waals surface area contributed by atoms with Crippen LogP contribution < -0.4 is 4.74 Å². The standard InChI is InChI=1S/C21H15FN2O2/c22-16-7-9-17(10-8-16)24-14-13-19(23-24)15-5-11-18(12-6-15)26-21-4-2-1-3-20(21)25/h1-14,25H. The van der Waals surface area contributed by atoms with Crippen molar-refractivity contribution >= 4 is 0 Å². The Morgan fingerprint density at radius 1 is 0.846 bits per heavy atom. The van der Waals surface area contributed by atoms with Crippen LogP contribution in [0.25, 0.3) is 16.9 Å². The Bertz CT molecular complexity index is 1020. The molecule has 128 valence electrons. The van der Waals surface area contributed by atoms with Gasteiger partial charge in [-0.3, -0.25) is 0 Å². The lowest BCUT2D eigenvalue weighted by Crippen LogP contribution is -1.94. The Labute approximate surface area is 149 Å². The monoisotopic (exact) mass is 346 g/mol. The van der Waals surface area contributed by atoms with Gasteiger partial charge in [0.25, 0.3) is 0 Å². The molecule has 0 aliphatic rings. The van der Waals surface area contributed by atoms with Gasteiger partial charge in [0.1, 0.15) is 11.6 Å². The number of aromatic nitrogens is 2. The fourth-order valence-corrected chi connectivity index (χ4v) is 2.58. The van der Waals surface area contributed by atoms with Gasteiger partial charge >= 0.3 is 0 Å². The predicted molar refractivity (Wildman–Crippen MR) is 97.1 cm³/mol. The van der Waals surface area contributed by atoms with Crippen molar-refractivity contribution in [1.82, 2.24) is 9.78 Å². The van der Waals surface area contributed by atoms with E-state index in [0.717, 1.165) is 16.9 Å². The molecule has 4 rings (SSSR count). The molecule has 5 heteroatoms. The summed E-state index contributed by atoms with van der Waals surface area (Å²) in [6.07, 6.45) is 1.83. The number of para-hydroxylation sites is 2. The molecule has 0 saturated heterocycles. The van der Waals surface area contributed by atoms with Gasteiger partial charge < -0.3 is 9.84 Å². The van der Waals surface area contributed by atoms with Gasteiger partial charge in [0.05, 0.1) is 11.4 Å². The zero-order valence-corrected chi connectivity index (χ0v) is 13.7. The van der Waals surface area contributed by atoms with Crippen LogP contribution in [0.2, 0.25) is 0 Å². The van der Waals surface area contributed by atoms with Crippen LogP contribution in [-0.2, 0) is 0 Å². The van der Waals surface area contributed by atoms with Gasteiger partial charge in [0, 0.05) is 11.8 Å². The molecule has 0 aliphatic carbocycles. The van der Waals surface area contributed by atoms with Crippen molar-refractivity contribution in [3.8, 4) is 34.2 Å². The minimum absolute atomic E-state index is 0.0922. The molecule has 1 N–H and O–H groups in total. The number of ether oxygens (including phenoxy) is 1. The zero-order valence-electron chi connectivity index (χ0n) is 13.7. The van der Waals surface area contributed by atoms with E-state index in [1.54, 1.807) is 41.1 Å². The normalized spacial score (nSPS) is 10.7. The quantitative estimate of drug-likeness (QED) is 0.554. The van der Waals surface area contributed by atoms with Gasteiger partial charge in [-0.2, -0.15) is 5.10 Å². The van der Waals surface area contributed by atoms with Crippen LogP contribution >= 0.6 is 0 Å². The van der Waals surface area contributed by atoms with E-state index in [1.807, 2.05) is 36.5 Å². The van der Waals surface area contributed by atoms with Crippen molar-refractivity contribution in [2.75, 3.05) is 0 Å². The van der Waals surface area contributed by atoms with Crippen LogP contribution in [0.1, 0.15) is 0 Å². The van der Waals surface area contributed by atoms with Crippen molar-refractivity contribution in [3.05, 3.63) is 90.9 Å². The Morgan fingerprint density at radius 2 is 1.58 bits per heavy atom. The molecule has 0 aliphatic heterocycles. The van der Waals surface area contributed by atoms with Crippen LogP contribution in [0.15, 0.2) is 85.1 Å². The molecule has 1 heterocycles. The van der Waals surface area contributed by atoms with E-state index >= 15 is 0 Å². The number of hydrogen-bond donors (Lipinski definition) is 1. The summed E-state index contributed by atoms with van der Waals surface area (Å²) in [5.41, 5.74) is 2.51. The summed E-state index contributed by atoms with van der Waals surface area (Å²) in [6, 6.07) is 22.3. The van der Waals surface area contributed by atoms with Gasteiger partial charge in [-0.25, -0.2) is 9.07 Å². The summed E-state index contributed by atoms with van der Waals surface area (Å²) in [5, 5.41) is 14.3. The summed E-state index contributed by atoms with van der Waals surface area (Å²) in [6.45, 7) is 0. The Kier molecular flexibility index (Phi) is 4.11. The van der Waals surface area contributed by atoms with Crippen LogP contribution in [0.5, 0.6) is 17.2 Å². The summed E-state index contributed by atoms with van der Waals surface area (Å²) in [4.78, 5) is 0. The highest BCUT2D eigenvalue weighted by Crippen LogP contribution is 2.31. The average molecular weight is 346 g/mol. The van der Waals surface area contributed by atoms with Gasteiger partial charge in [-0.05, 0) is 66.7 Å². The predicted octanol–water partition coefficient (Wildman–Crippen LogP) is 5.18. The molecule has 0 bridgehead atoms. The smallest absolute Gasteiger partial charge is 0.169 e. The molecule has 1 aromatic heterocycles. The SMILES string of the molecule is Oc1ccccc1Oc1ccc(-c2ccn(-c3ccc(F)cc3)n2)cc1. The lowest BCUT2D eigenvalue weighted by atomic mass is 10.1. The van der Waals surface area contributed by atoms with E-state index < -0.39 is 0 Å². The van der Waals surface area contributed by atoms with Crippen LogP contribution in [0, 0.1) is 5.82 Å². The van der Waals surface area contributed by atoms with E-state index in [4.69, 9.17) is 4.74 Å². The summed E-state index contributed by atoms with van der Waals surface area (Å²) in [7, 11) is 0. The van der Waals surface area contributed by atoms with Crippen molar-refractivity contribution in [2.24, 2.45) is 0 Å². The number of rotatable bonds is 4. The molecule has 4 nitrogen and oxygen atoms in total. The molecule has 0 fully saturated rings. The topological polar surface area (TPSA) is 47.3 Å². The van der Waals surface area contributed by atoms with Crippen LogP contribution in [-0.4, -0.2) is 14.9 Å². The van der Waals surface area contributed by atoms with E-state index in [-0.39, 0.29) is 11.6 Å². The van der Waals surface area contributed by atoms with E-state index in [0.29, 0.717) is 11.5 Å². The first-order valence-electron chi connectivity index (χ1n) is 8.07. The first-order valence-corrected chi connectivity index (χ1v) is 8.07. The van der Waals surface area contributed by atoms with Crippen molar-refractivity contribution in [2.45, 2.75) is 0 Å². The molecule has 0 unspecified atom stereocenters. The first-order chi connectivity index (χ1) is 12.7. The Hall–Kier alpha value is -3.60. The van der Waals surface area contributed by atoms with Gasteiger partial charge in [0.15, 0.2) is 11.5 Å². The lowest BCUT2D eigenvalue weighted by Gasteiger charge is -2.07. The Morgan fingerprint density at radius 3 is 2.31 bits per heavy atom. The third-order valence-corrected chi connectivity index (χ3v) is 3.92. The summed E-state index contributed by atoms with van der Waals surface area (Å²) in [5.74, 6) is 0.838. The van der Waals surface area contributed by atoms with Gasteiger partial charge in [-0.1, -0.05) is 12.1 Å². The fraction of sp³-hybridized carbons (Fsp3) is 0. The summed E-state index contributed by atoms with van der Waals surface area (Å²) >= 11 is 0. The average Bonchev–Trinajstić information content (AvgIpc) is 3.15. The number of hydrogen-bond acceptors (Lipinski definition) is 3. The van der Waals surface area contributed by atoms with E-state index in [1.165, 1.54) is 12.1 Å². The third kappa shape index (κ3) is 3.28. The second kappa shape index (κ2) is 6.72. The number of phenols is 1. The number of phenolic OH excluding ortho intramolecular Hbond substituents is 1. The molecular weight excluding hydrogens is 331 g/mol. The number of halogens is 1. The maximum absolute atomic E-state index is 13.0. The van der Waals surface area contributed by atoms with Crippen molar-refractivity contribution < 1.29 is 14.2 Å². The fourth-order valence-electron chi connectivity index (χ4n) is 2.58. The molecule has 26 heavy (non-hydrogen) atoms. The van der Waals surface area contributed by atoms with Gasteiger partial charge in [0.2, 0.25) is 0 Å². The van der Waals surface area contributed by atoms with E-state index in [2.05, 4.69) is 5.10 Å². The number of aromatic hydroxyl groups is 1. The minimum atomic E-state index is -0.277. The largest absolute Gasteiger partial charge is 0.504 e. The molecule has 0 amide bonds. The van der Waals surface area contributed by atoms with Gasteiger partial charge in [-0.15, -0.1) is 0 Å².